The van der Waals surface area contributed by atoms with Crippen molar-refractivity contribution in [3.63, 3.8) is 0 Å². The number of ether oxygens (including phenoxy) is 8. The van der Waals surface area contributed by atoms with E-state index < -0.39 is 15.3 Å². The Balaban J connectivity index is 0.000000274. The van der Waals surface area contributed by atoms with Crippen LogP contribution in [0.5, 0.6) is 46.0 Å². The summed E-state index contributed by atoms with van der Waals surface area (Å²) in [5, 5.41) is 47.5. The number of hydrogen-bond donors (Lipinski definition) is 0. The number of benzene rings is 4. The van der Waals surface area contributed by atoms with Crippen LogP contribution in [0, 0.1) is 86.4 Å². The largest absolute Gasteiger partial charge is 3.00 e. The minimum atomic E-state index is -1.75. The Kier molecular flexibility index (Phi) is 18.0. The van der Waals surface area contributed by atoms with Crippen molar-refractivity contribution in [2.45, 2.75) is 0 Å². The first kappa shape index (κ1) is 51.7. The number of rotatable bonds is 8. The summed E-state index contributed by atoms with van der Waals surface area (Å²) < 4.78 is 43.9. The Morgan fingerprint density at radius 1 is 0.415 bits per heavy atom. The molecule has 4 aromatic carbocycles. The molecule has 0 saturated heterocycles. The average molecular weight is 1040 g/mol. The second-order valence-corrected chi connectivity index (χ2v) is 12.3. The molecule has 24 nitrogen and oxygen atoms in total. The second kappa shape index (κ2) is 22.6. The molecule has 6 aromatic rings. The van der Waals surface area contributed by atoms with Crippen molar-refractivity contribution in [3.05, 3.63) is 129 Å². The van der Waals surface area contributed by atoms with Gasteiger partial charge in [0.05, 0.1) is 72.1 Å². The SMILES string of the molecule is COc1cc2c(cc1OC)-c1c(OC)c(OC)cc3ccnc(c13)C2=O.COc1cc2c(cc1OC)-c1c(OC)c(OC)cc3ccnc(c13)C2=O.O=[N+]([O-])[O-].O=[N+]([O-])[O-].O=[N+]([O-])[O-].[Sm+3]. The zero-order valence-electron chi connectivity index (χ0n) is 35.2. The molecule has 2 aliphatic carbocycles. The number of fused-ring (bicyclic) bond motifs is 4. The van der Waals surface area contributed by atoms with Gasteiger partial charge in [-0.1, -0.05) is 0 Å². The molecule has 2 aliphatic rings. The fourth-order valence-corrected chi connectivity index (χ4v) is 6.98. The molecule has 65 heavy (non-hydrogen) atoms. The van der Waals surface area contributed by atoms with Gasteiger partial charge in [-0.3, -0.25) is 19.6 Å². The van der Waals surface area contributed by atoms with Gasteiger partial charge in [0.15, 0.2) is 46.0 Å². The van der Waals surface area contributed by atoms with Gasteiger partial charge in [0.1, 0.15) is 11.4 Å². The molecular formula is C40H34N5O19Sm. The number of hydrogen-bond acceptors (Lipinski definition) is 21. The molecule has 8 rings (SSSR count). The van der Waals surface area contributed by atoms with Gasteiger partial charge in [-0.2, -0.15) is 0 Å². The minimum absolute atomic E-state index is 0. The smallest absolute Gasteiger partial charge is 0.493 e. The zero-order chi connectivity index (χ0) is 47.6. The number of methoxy groups -OCH3 is 8. The average Bonchev–Trinajstić information content (AvgIpc) is 3.27. The first-order valence-corrected chi connectivity index (χ1v) is 17.6. The Hall–Kier alpha value is -7.62. The van der Waals surface area contributed by atoms with Crippen molar-refractivity contribution >= 4 is 33.1 Å². The first-order valence-electron chi connectivity index (χ1n) is 17.6. The van der Waals surface area contributed by atoms with E-state index in [2.05, 4.69) is 9.97 Å². The van der Waals surface area contributed by atoms with E-state index in [1.54, 1.807) is 79.3 Å². The molecule has 1 radical (unpaired) electrons. The van der Waals surface area contributed by atoms with Crippen LogP contribution in [0.15, 0.2) is 60.9 Å². The van der Waals surface area contributed by atoms with Crippen LogP contribution in [0.1, 0.15) is 32.1 Å². The Labute approximate surface area is 398 Å². The maximum absolute atomic E-state index is 13.1. The molecule has 25 heteroatoms. The number of ketones is 2. The Bertz CT molecular complexity index is 2590. The quantitative estimate of drug-likeness (QED) is 0.120. The normalized spacial score (nSPS) is 10.6. The van der Waals surface area contributed by atoms with Gasteiger partial charge in [0.25, 0.3) is 0 Å². The molecule has 0 saturated carbocycles. The van der Waals surface area contributed by atoms with E-state index in [1.165, 1.54) is 14.2 Å². The van der Waals surface area contributed by atoms with Crippen LogP contribution in [0.25, 0.3) is 43.8 Å². The summed E-state index contributed by atoms with van der Waals surface area (Å²) in [6.45, 7) is 0. The van der Waals surface area contributed by atoms with Crippen LogP contribution in [-0.2, 0) is 0 Å². The topological polar surface area (TPSA) is 332 Å². The number of aromatic nitrogens is 2. The molecule has 0 spiro atoms. The van der Waals surface area contributed by atoms with Crippen LogP contribution in [0.3, 0.4) is 0 Å². The van der Waals surface area contributed by atoms with Crippen molar-refractivity contribution in [2.75, 3.05) is 56.9 Å². The van der Waals surface area contributed by atoms with Gasteiger partial charge in [0.2, 0.25) is 11.6 Å². The van der Waals surface area contributed by atoms with Gasteiger partial charge in [-0.05, 0) is 59.3 Å². The number of nitrogens with zero attached hydrogens (tertiary/aromatic N) is 5. The first-order chi connectivity index (χ1) is 30.5. The summed E-state index contributed by atoms with van der Waals surface area (Å²) in [6, 6.07) is 14.3. The van der Waals surface area contributed by atoms with Gasteiger partial charge < -0.3 is 83.9 Å². The summed E-state index contributed by atoms with van der Waals surface area (Å²) in [5.41, 5.74) is 4.68. The predicted molar refractivity (Wildman–Crippen MR) is 225 cm³/mol. The minimum Gasteiger partial charge on any atom is -0.493 e. The molecule has 2 aromatic heterocycles. The molecular weight excluding hydrogens is 1000 g/mol. The van der Waals surface area contributed by atoms with Crippen LogP contribution in [0.2, 0.25) is 0 Å². The molecule has 0 unspecified atom stereocenters. The number of carbonyl (C=O) groups is 2. The summed E-state index contributed by atoms with van der Waals surface area (Å²) in [7, 11) is 12.5. The second-order valence-electron chi connectivity index (χ2n) is 12.3. The van der Waals surface area contributed by atoms with E-state index in [-0.39, 0.29) is 52.0 Å². The molecule has 0 N–H and O–H groups in total. The molecule has 0 fully saturated rings. The van der Waals surface area contributed by atoms with Crippen molar-refractivity contribution < 1.29 is 103 Å². The molecule has 0 aliphatic heterocycles. The van der Waals surface area contributed by atoms with E-state index in [0.29, 0.717) is 79.6 Å². The Morgan fingerprint density at radius 2 is 0.677 bits per heavy atom. The molecule has 0 bridgehead atoms. The third kappa shape index (κ3) is 10.8. The van der Waals surface area contributed by atoms with E-state index in [9.17, 15) is 9.59 Å². The van der Waals surface area contributed by atoms with Crippen molar-refractivity contribution in [2.24, 2.45) is 0 Å². The number of carbonyl (C=O) groups excluding carboxylic acids is 2. The monoisotopic (exact) mass is 1040 g/mol. The van der Waals surface area contributed by atoms with Gasteiger partial charge in [0, 0.05) is 56.5 Å². The fraction of sp³-hybridized carbons (Fsp3) is 0.200. The standard InChI is InChI=1S/2C20H17NO5.3NO3.Sm/c2*1-23-13-8-11-12(9-14(13)24-2)19(22)18-16-10(5-6-21-18)7-15(25-3)20(26-4)17(11)16;3*2-1(3)4;/h2*5-9H,1-4H3;;;;/q;;3*-1;+3. The summed E-state index contributed by atoms with van der Waals surface area (Å²) in [5.74, 6) is 3.98. The van der Waals surface area contributed by atoms with E-state index in [4.69, 9.17) is 83.9 Å². The van der Waals surface area contributed by atoms with Gasteiger partial charge in [-0.25, -0.2) is 0 Å². The Morgan fingerprint density at radius 3 is 0.923 bits per heavy atom. The van der Waals surface area contributed by atoms with Crippen molar-refractivity contribution in [1.82, 2.24) is 9.97 Å². The third-order valence-corrected chi connectivity index (χ3v) is 9.29. The van der Waals surface area contributed by atoms with Gasteiger partial charge in [-0.15, -0.1) is 0 Å². The van der Waals surface area contributed by atoms with Crippen molar-refractivity contribution in [3.8, 4) is 68.2 Å². The van der Waals surface area contributed by atoms with E-state index in [0.717, 1.165) is 32.7 Å². The predicted octanol–water partition coefficient (Wildman–Crippen LogP) is 6.24. The summed E-state index contributed by atoms with van der Waals surface area (Å²) >= 11 is 0. The summed E-state index contributed by atoms with van der Waals surface area (Å²) in [4.78, 5) is 59.6. The zero-order valence-corrected chi connectivity index (χ0v) is 37.8. The van der Waals surface area contributed by atoms with Crippen molar-refractivity contribution in [1.29, 1.82) is 0 Å². The van der Waals surface area contributed by atoms with E-state index >= 15 is 0 Å². The fourth-order valence-electron chi connectivity index (χ4n) is 6.98. The van der Waals surface area contributed by atoms with E-state index in [1.807, 2.05) is 24.3 Å². The molecule has 0 amide bonds. The van der Waals surface area contributed by atoms with Crippen LogP contribution in [0.4, 0.5) is 0 Å². The summed E-state index contributed by atoms with van der Waals surface area (Å²) in [6.07, 6.45) is 3.24. The maximum atomic E-state index is 13.1. The molecule has 0 atom stereocenters. The maximum Gasteiger partial charge on any atom is 3.00 e. The van der Waals surface area contributed by atoms with Gasteiger partial charge >= 0.3 is 40.4 Å². The molecule has 2 heterocycles. The van der Waals surface area contributed by atoms with Crippen LogP contribution in [-0.4, -0.2) is 93.7 Å². The number of pyridine rings is 2. The molecule has 339 valence electrons. The van der Waals surface area contributed by atoms with Crippen LogP contribution >= 0.6 is 0 Å². The third-order valence-electron chi connectivity index (χ3n) is 9.29. The van der Waals surface area contributed by atoms with Crippen LogP contribution < -0.4 is 37.9 Å².